The summed E-state index contributed by atoms with van der Waals surface area (Å²) in [5.74, 6) is 0.834. The molecule has 0 radical (unpaired) electrons. The van der Waals surface area contributed by atoms with Crippen LogP contribution in [0.1, 0.15) is 18.9 Å². The molecular weight excluding hydrogens is 262 g/mol. The van der Waals surface area contributed by atoms with E-state index in [1.54, 1.807) is 17.2 Å². The molecule has 21 heavy (non-hydrogen) atoms. The maximum absolute atomic E-state index is 4.37. The first-order valence-corrected chi connectivity index (χ1v) is 7.04. The van der Waals surface area contributed by atoms with Crippen molar-refractivity contribution in [1.29, 1.82) is 0 Å². The van der Waals surface area contributed by atoms with Crippen molar-refractivity contribution in [3.63, 3.8) is 0 Å². The second kappa shape index (κ2) is 6.17. The molecular formula is C16H17N5. The summed E-state index contributed by atoms with van der Waals surface area (Å²) in [4.78, 5) is 8.60. The van der Waals surface area contributed by atoms with E-state index in [1.807, 2.05) is 42.6 Å². The summed E-state index contributed by atoms with van der Waals surface area (Å²) in [5.41, 5.74) is 1.93. The summed E-state index contributed by atoms with van der Waals surface area (Å²) in [5, 5.41) is 8.60. The number of hydrogen-bond donors (Lipinski definition) is 1. The molecule has 0 aliphatic heterocycles. The molecule has 0 unspecified atom stereocenters. The molecule has 0 amide bonds. The molecule has 5 heteroatoms. The smallest absolute Gasteiger partial charge is 0.167 e. The van der Waals surface area contributed by atoms with E-state index in [2.05, 4.69) is 27.3 Å². The lowest BCUT2D eigenvalue weighted by Crippen LogP contribution is -2.02. The van der Waals surface area contributed by atoms with Gasteiger partial charge in [0.05, 0.1) is 11.6 Å². The number of hydrogen-bond acceptors (Lipinski definition) is 4. The van der Waals surface area contributed by atoms with Crippen molar-refractivity contribution in [2.45, 2.75) is 13.3 Å². The minimum Gasteiger partial charge on any atom is -0.369 e. The van der Waals surface area contributed by atoms with Crippen LogP contribution in [0, 0.1) is 0 Å². The SMILES string of the molecule is CCCNc1ncnc2c1cnn2/C=C/c1ccccc1. The standard InChI is InChI=1S/C16H17N5/c1-2-9-17-15-14-11-20-21(16(14)19-12-18-15)10-8-13-6-4-3-5-7-13/h3-8,10-12H,2,9H2,1H3,(H,17,18,19)/b10-8+. The average Bonchev–Trinajstić information content (AvgIpc) is 2.96. The molecule has 2 heterocycles. The Morgan fingerprint density at radius 1 is 1.19 bits per heavy atom. The van der Waals surface area contributed by atoms with Crippen LogP contribution < -0.4 is 5.32 Å². The molecule has 3 rings (SSSR count). The Kier molecular flexibility index (Phi) is 3.91. The van der Waals surface area contributed by atoms with Gasteiger partial charge in [-0.15, -0.1) is 0 Å². The summed E-state index contributed by atoms with van der Waals surface area (Å²) in [7, 11) is 0. The first-order chi connectivity index (χ1) is 10.4. The van der Waals surface area contributed by atoms with E-state index in [0.29, 0.717) is 0 Å². The van der Waals surface area contributed by atoms with Gasteiger partial charge >= 0.3 is 0 Å². The van der Waals surface area contributed by atoms with Crippen molar-refractivity contribution >= 4 is 29.1 Å². The monoisotopic (exact) mass is 279 g/mol. The molecule has 106 valence electrons. The molecule has 0 atom stereocenters. The number of nitrogens with one attached hydrogen (secondary N) is 1. The summed E-state index contributed by atoms with van der Waals surface area (Å²) in [6, 6.07) is 10.1. The Balaban J connectivity index is 1.92. The zero-order chi connectivity index (χ0) is 14.5. The summed E-state index contributed by atoms with van der Waals surface area (Å²) >= 11 is 0. The van der Waals surface area contributed by atoms with Crippen LogP contribution in [0.3, 0.4) is 0 Å². The van der Waals surface area contributed by atoms with Gasteiger partial charge in [0.25, 0.3) is 0 Å². The Labute approximate surface area is 123 Å². The number of anilines is 1. The van der Waals surface area contributed by atoms with Gasteiger partial charge in [-0.3, -0.25) is 0 Å². The van der Waals surface area contributed by atoms with Gasteiger partial charge in [-0.25, -0.2) is 14.6 Å². The molecule has 0 saturated heterocycles. The van der Waals surface area contributed by atoms with Crippen LogP contribution in [0.25, 0.3) is 23.3 Å². The highest BCUT2D eigenvalue weighted by Gasteiger charge is 2.07. The maximum atomic E-state index is 4.37. The minimum atomic E-state index is 0.802. The number of benzene rings is 1. The van der Waals surface area contributed by atoms with Crippen LogP contribution in [-0.2, 0) is 0 Å². The van der Waals surface area contributed by atoms with Gasteiger partial charge in [-0.1, -0.05) is 37.3 Å². The lowest BCUT2D eigenvalue weighted by Gasteiger charge is -2.03. The summed E-state index contributed by atoms with van der Waals surface area (Å²) in [6.07, 6.45) is 8.33. The Bertz CT molecular complexity index is 746. The minimum absolute atomic E-state index is 0.802. The first-order valence-electron chi connectivity index (χ1n) is 7.04. The van der Waals surface area contributed by atoms with Gasteiger partial charge in [0.15, 0.2) is 5.65 Å². The van der Waals surface area contributed by atoms with Crippen molar-refractivity contribution in [3.8, 4) is 0 Å². The third kappa shape index (κ3) is 2.91. The quantitative estimate of drug-likeness (QED) is 0.778. The highest BCUT2D eigenvalue weighted by molar-refractivity contribution is 5.87. The lowest BCUT2D eigenvalue weighted by atomic mass is 10.2. The molecule has 0 fully saturated rings. The van der Waals surface area contributed by atoms with E-state index in [-0.39, 0.29) is 0 Å². The topological polar surface area (TPSA) is 55.6 Å². The molecule has 5 nitrogen and oxygen atoms in total. The number of aromatic nitrogens is 4. The summed E-state index contributed by atoms with van der Waals surface area (Å²) in [6.45, 7) is 3.01. The second-order valence-corrected chi connectivity index (χ2v) is 4.70. The number of fused-ring (bicyclic) bond motifs is 1. The van der Waals surface area contributed by atoms with Crippen molar-refractivity contribution in [2.75, 3.05) is 11.9 Å². The second-order valence-electron chi connectivity index (χ2n) is 4.70. The molecule has 0 saturated carbocycles. The fourth-order valence-electron chi connectivity index (χ4n) is 2.08. The van der Waals surface area contributed by atoms with Crippen LogP contribution in [0.4, 0.5) is 5.82 Å². The maximum Gasteiger partial charge on any atom is 0.167 e. The molecule has 0 aliphatic rings. The van der Waals surface area contributed by atoms with E-state index in [0.717, 1.165) is 35.4 Å². The van der Waals surface area contributed by atoms with Crippen molar-refractivity contribution < 1.29 is 0 Å². The molecule has 1 N–H and O–H groups in total. The van der Waals surface area contributed by atoms with Gasteiger partial charge in [0.2, 0.25) is 0 Å². The fraction of sp³-hybridized carbons (Fsp3) is 0.188. The fourth-order valence-corrected chi connectivity index (χ4v) is 2.08. The third-order valence-corrected chi connectivity index (χ3v) is 3.14. The van der Waals surface area contributed by atoms with Crippen LogP contribution in [0.2, 0.25) is 0 Å². The molecule has 3 aromatic rings. The van der Waals surface area contributed by atoms with E-state index in [9.17, 15) is 0 Å². The number of nitrogens with zero attached hydrogens (tertiary/aromatic N) is 4. The lowest BCUT2D eigenvalue weighted by molar-refractivity contribution is 0.947. The van der Waals surface area contributed by atoms with E-state index < -0.39 is 0 Å². The van der Waals surface area contributed by atoms with Gasteiger partial charge < -0.3 is 5.32 Å². The normalized spacial score (nSPS) is 11.3. The van der Waals surface area contributed by atoms with Gasteiger partial charge in [-0.2, -0.15) is 5.10 Å². The molecule has 0 bridgehead atoms. The third-order valence-electron chi connectivity index (χ3n) is 3.14. The summed E-state index contributed by atoms with van der Waals surface area (Å²) < 4.78 is 1.77. The zero-order valence-corrected chi connectivity index (χ0v) is 11.9. The Morgan fingerprint density at radius 3 is 2.86 bits per heavy atom. The van der Waals surface area contributed by atoms with E-state index in [1.165, 1.54) is 0 Å². The Morgan fingerprint density at radius 2 is 2.05 bits per heavy atom. The van der Waals surface area contributed by atoms with Crippen molar-refractivity contribution in [2.24, 2.45) is 0 Å². The van der Waals surface area contributed by atoms with Crippen LogP contribution in [-0.4, -0.2) is 26.3 Å². The molecule has 1 aromatic carbocycles. The predicted molar refractivity (Wildman–Crippen MR) is 85.8 cm³/mol. The van der Waals surface area contributed by atoms with Gasteiger partial charge in [0.1, 0.15) is 12.1 Å². The highest BCUT2D eigenvalue weighted by Crippen LogP contribution is 2.19. The number of rotatable bonds is 5. The molecule has 0 spiro atoms. The van der Waals surface area contributed by atoms with Crippen molar-refractivity contribution in [3.05, 3.63) is 48.4 Å². The van der Waals surface area contributed by atoms with Crippen molar-refractivity contribution in [1.82, 2.24) is 19.7 Å². The van der Waals surface area contributed by atoms with Crippen LogP contribution in [0.5, 0.6) is 0 Å². The predicted octanol–water partition coefficient (Wildman–Crippen LogP) is 3.28. The largest absolute Gasteiger partial charge is 0.369 e. The molecule has 2 aromatic heterocycles. The average molecular weight is 279 g/mol. The molecule has 0 aliphatic carbocycles. The van der Waals surface area contributed by atoms with Gasteiger partial charge in [0, 0.05) is 12.7 Å². The van der Waals surface area contributed by atoms with E-state index >= 15 is 0 Å². The zero-order valence-electron chi connectivity index (χ0n) is 11.9. The van der Waals surface area contributed by atoms with Crippen LogP contribution in [0.15, 0.2) is 42.9 Å². The van der Waals surface area contributed by atoms with E-state index in [4.69, 9.17) is 0 Å². The van der Waals surface area contributed by atoms with Gasteiger partial charge in [-0.05, 0) is 18.1 Å². The highest BCUT2D eigenvalue weighted by atomic mass is 15.3. The van der Waals surface area contributed by atoms with Crippen LogP contribution >= 0.6 is 0 Å². The first kappa shape index (κ1) is 13.3. The Hall–Kier alpha value is -2.69.